The fourth-order valence-electron chi connectivity index (χ4n) is 1.46. The van der Waals surface area contributed by atoms with Crippen LogP contribution < -0.4 is 0 Å². The van der Waals surface area contributed by atoms with Crippen LogP contribution in [0.2, 0.25) is 0 Å². The molecule has 1 N–H and O–H groups in total. The molecule has 0 aromatic heterocycles. The number of hydrogen-bond donors (Lipinski definition) is 1. The third kappa shape index (κ3) is 3.48. The molecule has 2 amide bonds. The quantitative estimate of drug-likeness (QED) is 0.750. The van der Waals surface area contributed by atoms with Crippen LogP contribution in [0.3, 0.4) is 0 Å². The van der Waals surface area contributed by atoms with Crippen molar-refractivity contribution in [1.29, 1.82) is 0 Å². The van der Waals surface area contributed by atoms with Gasteiger partial charge in [0.05, 0.1) is 19.2 Å². The summed E-state index contributed by atoms with van der Waals surface area (Å²) in [7, 11) is 1.48. The lowest BCUT2D eigenvalue weighted by Gasteiger charge is -2.28. The summed E-state index contributed by atoms with van der Waals surface area (Å²) < 4.78 is 10.2. The minimum atomic E-state index is -1.20. The summed E-state index contributed by atoms with van der Waals surface area (Å²) in [5, 5.41) is 10.9. The summed E-state index contributed by atoms with van der Waals surface area (Å²) in [6, 6.07) is 0. The van der Waals surface area contributed by atoms with E-state index in [9.17, 15) is 9.59 Å². The van der Waals surface area contributed by atoms with Crippen molar-refractivity contribution in [2.24, 2.45) is 0 Å². The van der Waals surface area contributed by atoms with Crippen molar-refractivity contribution in [1.82, 2.24) is 10.0 Å². The second-order valence-electron chi connectivity index (χ2n) is 4.78. The number of nitrogens with zero attached hydrogens (tertiary/aromatic N) is 2. The number of methoxy groups -OCH3 is 1. The molecule has 1 aliphatic heterocycles. The molecule has 7 nitrogen and oxygen atoms in total. The summed E-state index contributed by atoms with van der Waals surface area (Å²) in [5.41, 5.74) is -0.660. The number of carboxylic acid groups (broad SMARTS) is 1. The molecular weight excluding hydrogens is 228 g/mol. The lowest BCUT2D eigenvalue weighted by Crippen LogP contribution is -2.46. The molecule has 1 heterocycles. The zero-order valence-electron chi connectivity index (χ0n) is 10.5. The van der Waals surface area contributed by atoms with E-state index in [4.69, 9.17) is 14.6 Å². The highest BCUT2D eigenvalue weighted by Gasteiger charge is 2.39. The Labute approximate surface area is 99.9 Å². The Morgan fingerprint density at radius 3 is 2.18 bits per heavy atom. The molecule has 1 saturated heterocycles. The summed E-state index contributed by atoms with van der Waals surface area (Å²) in [6.07, 6.45) is -2.20. The van der Waals surface area contributed by atoms with Gasteiger partial charge in [0.1, 0.15) is 5.60 Å². The van der Waals surface area contributed by atoms with Gasteiger partial charge in [-0.25, -0.2) is 19.6 Å². The lowest BCUT2D eigenvalue weighted by atomic mass is 10.2. The van der Waals surface area contributed by atoms with Crippen molar-refractivity contribution in [3.63, 3.8) is 0 Å². The molecule has 0 spiro atoms. The topological polar surface area (TPSA) is 79.3 Å². The lowest BCUT2D eigenvalue weighted by molar-refractivity contribution is -0.0197. The average molecular weight is 246 g/mol. The molecule has 0 radical (unpaired) electrons. The smallest absolute Gasteiger partial charge is 0.429 e. The molecule has 98 valence electrons. The van der Waals surface area contributed by atoms with E-state index in [1.807, 2.05) is 0 Å². The van der Waals surface area contributed by atoms with E-state index >= 15 is 0 Å². The number of hydrogen-bond acceptors (Lipinski definition) is 4. The second kappa shape index (κ2) is 4.79. The van der Waals surface area contributed by atoms with E-state index in [0.29, 0.717) is 0 Å². The van der Waals surface area contributed by atoms with Gasteiger partial charge in [-0.2, -0.15) is 0 Å². The molecule has 0 aromatic rings. The minimum absolute atomic E-state index is 0.130. The van der Waals surface area contributed by atoms with Crippen LogP contribution in [0.25, 0.3) is 0 Å². The Kier molecular flexibility index (Phi) is 3.82. The maximum Gasteiger partial charge on any atom is 0.429 e. The number of carbonyl (C=O) groups is 2. The highest BCUT2D eigenvalue weighted by molar-refractivity contribution is 5.74. The minimum Gasteiger partial charge on any atom is -0.464 e. The number of amides is 2. The van der Waals surface area contributed by atoms with Gasteiger partial charge in [-0.15, -0.1) is 0 Å². The standard InChI is InChI=1S/C10H18N2O5/c1-10(2,3)17-9(15)12-6-7(16-4)5-11(12)8(13)14/h7H,5-6H2,1-4H3,(H,13,14). The highest BCUT2D eigenvalue weighted by Crippen LogP contribution is 2.18. The average Bonchev–Trinajstić information content (AvgIpc) is 2.58. The van der Waals surface area contributed by atoms with Gasteiger partial charge in [-0.05, 0) is 20.8 Å². The monoisotopic (exact) mass is 246 g/mol. The number of rotatable bonds is 1. The van der Waals surface area contributed by atoms with E-state index in [2.05, 4.69) is 0 Å². The molecule has 1 fully saturated rings. The van der Waals surface area contributed by atoms with Crippen molar-refractivity contribution in [2.75, 3.05) is 20.2 Å². The van der Waals surface area contributed by atoms with Crippen molar-refractivity contribution in [3.05, 3.63) is 0 Å². The van der Waals surface area contributed by atoms with Crippen LogP contribution in [0.4, 0.5) is 9.59 Å². The van der Waals surface area contributed by atoms with Gasteiger partial charge in [-0.3, -0.25) is 0 Å². The summed E-state index contributed by atoms with van der Waals surface area (Å²) in [6.45, 7) is 5.47. The predicted octanol–water partition coefficient (Wildman–Crippen LogP) is 1.15. The van der Waals surface area contributed by atoms with Gasteiger partial charge in [0.2, 0.25) is 0 Å². The third-order valence-electron chi connectivity index (χ3n) is 2.20. The Morgan fingerprint density at radius 1 is 1.24 bits per heavy atom. The first-order chi connectivity index (χ1) is 7.74. The van der Waals surface area contributed by atoms with Crippen molar-refractivity contribution in [2.45, 2.75) is 32.5 Å². The van der Waals surface area contributed by atoms with Crippen molar-refractivity contribution >= 4 is 12.2 Å². The van der Waals surface area contributed by atoms with Crippen LogP contribution >= 0.6 is 0 Å². The Bertz CT molecular complexity index is 312. The fourth-order valence-corrected chi connectivity index (χ4v) is 1.46. The van der Waals surface area contributed by atoms with Crippen molar-refractivity contribution < 1.29 is 24.2 Å². The zero-order chi connectivity index (χ0) is 13.2. The molecule has 0 bridgehead atoms. The third-order valence-corrected chi connectivity index (χ3v) is 2.20. The zero-order valence-corrected chi connectivity index (χ0v) is 10.5. The van der Waals surface area contributed by atoms with Gasteiger partial charge in [-0.1, -0.05) is 0 Å². The van der Waals surface area contributed by atoms with E-state index in [1.165, 1.54) is 7.11 Å². The number of carbonyl (C=O) groups excluding carboxylic acids is 1. The second-order valence-corrected chi connectivity index (χ2v) is 4.78. The molecule has 1 atom stereocenters. The molecule has 0 saturated carbocycles. The first-order valence-corrected chi connectivity index (χ1v) is 5.28. The maximum atomic E-state index is 11.8. The van der Waals surface area contributed by atoms with Gasteiger partial charge < -0.3 is 14.6 Å². The molecule has 1 unspecified atom stereocenters. The van der Waals surface area contributed by atoms with Gasteiger partial charge >= 0.3 is 12.2 Å². The summed E-state index contributed by atoms with van der Waals surface area (Å²) in [5.74, 6) is 0. The first-order valence-electron chi connectivity index (χ1n) is 5.28. The van der Waals surface area contributed by atoms with Crippen LogP contribution in [-0.4, -0.2) is 59.2 Å². The van der Waals surface area contributed by atoms with Crippen LogP contribution in [0.5, 0.6) is 0 Å². The molecular formula is C10H18N2O5. The SMILES string of the molecule is COC1CN(C(=O)O)N(C(=O)OC(C)(C)C)C1. The van der Waals surface area contributed by atoms with E-state index in [1.54, 1.807) is 20.8 Å². The van der Waals surface area contributed by atoms with E-state index in [0.717, 1.165) is 10.0 Å². The largest absolute Gasteiger partial charge is 0.464 e. The molecule has 0 aromatic carbocycles. The van der Waals surface area contributed by atoms with Crippen LogP contribution in [-0.2, 0) is 9.47 Å². The number of ether oxygens (including phenoxy) is 2. The van der Waals surface area contributed by atoms with Crippen LogP contribution in [0.1, 0.15) is 20.8 Å². The number of hydrazine groups is 1. The Morgan fingerprint density at radius 2 is 1.76 bits per heavy atom. The van der Waals surface area contributed by atoms with E-state index in [-0.39, 0.29) is 19.2 Å². The predicted molar refractivity (Wildman–Crippen MR) is 58.5 cm³/mol. The molecule has 1 rings (SSSR count). The Balaban J connectivity index is 2.73. The van der Waals surface area contributed by atoms with Gasteiger partial charge in [0, 0.05) is 7.11 Å². The molecule has 1 aliphatic rings. The normalized spacial score (nSPS) is 20.6. The maximum absolute atomic E-state index is 11.8. The first kappa shape index (κ1) is 13.6. The van der Waals surface area contributed by atoms with Crippen molar-refractivity contribution in [3.8, 4) is 0 Å². The van der Waals surface area contributed by atoms with Crippen LogP contribution in [0, 0.1) is 0 Å². The molecule has 17 heavy (non-hydrogen) atoms. The summed E-state index contributed by atoms with van der Waals surface area (Å²) in [4.78, 5) is 22.7. The van der Waals surface area contributed by atoms with E-state index < -0.39 is 17.8 Å². The molecule has 7 heteroatoms. The van der Waals surface area contributed by atoms with Gasteiger partial charge in [0.25, 0.3) is 0 Å². The Hall–Kier alpha value is -1.50. The fraction of sp³-hybridized carbons (Fsp3) is 0.800. The highest BCUT2D eigenvalue weighted by atomic mass is 16.6. The van der Waals surface area contributed by atoms with Crippen LogP contribution in [0.15, 0.2) is 0 Å². The molecule has 0 aliphatic carbocycles. The summed E-state index contributed by atoms with van der Waals surface area (Å²) >= 11 is 0. The van der Waals surface area contributed by atoms with Gasteiger partial charge in [0.15, 0.2) is 0 Å².